The third-order valence-corrected chi connectivity index (χ3v) is 5.69. The minimum atomic E-state index is -0.767. The lowest BCUT2D eigenvalue weighted by molar-refractivity contribution is -0.136. The van der Waals surface area contributed by atoms with Crippen LogP contribution in [-0.2, 0) is 9.59 Å². The van der Waals surface area contributed by atoms with Gasteiger partial charge < -0.3 is 10.2 Å². The molecule has 1 saturated heterocycles. The average molecular weight is 366 g/mol. The van der Waals surface area contributed by atoms with Crippen LogP contribution in [0.1, 0.15) is 32.1 Å². The molecule has 2 heterocycles. The number of likely N-dealkylation sites (N-methyl/N-ethyl adjacent to an activating group) is 1. The Kier molecular flexibility index (Phi) is 4.30. The van der Waals surface area contributed by atoms with Crippen molar-refractivity contribution in [3.05, 3.63) is 36.5 Å². The van der Waals surface area contributed by atoms with E-state index in [4.69, 9.17) is 0 Å². The number of aromatic nitrogens is 1. The summed E-state index contributed by atoms with van der Waals surface area (Å²) in [6.07, 6.45) is 5.91. The van der Waals surface area contributed by atoms with Crippen LogP contribution in [0.4, 0.5) is 10.5 Å². The van der Waals surface area contributed by atoms with E-state index in [2.05, 4.69) is 10.3 Å². The first kappa shape index (κ1) is 17.5. The minimum absolute atomic E-state index is 0.249. The smallest absolute Gasteiger partial charge is 0.323 e. The Morgan fingerprint density at radius 2 is 1.89 bits per heavy atom. The van der Waals surface area contributed by atoms with E-state index in [-0.39, 0.29) is 12.5 Å². The number of anilines is 1. The molecule has 1 aliphatic carbocycles. The number of carbonyl (C=O) groups is 3. The molecule has 0 unspecified atom stereocenters. The van der Waals surface area contributed by atoms with E-state index in [9.17, 15) is 14.4 Å². The number of nitrogens with one attached hydrogen (secondary N) is 1. The van der Waals surface area contributed by atoms with Crippen molar-refractivity contribution in [2.75, 3.05) is 18.9 Å². The number of nitrogens with zero attached hydrogens (tertiary/aromatic N) is 3. The molecule has 2 aliphatic rings. The number of amides is 4. The molecule has 0 atom stereocenters. The van der Waals surface area contributed by atoms with Gasteiger partial charge in [0, 0.05) is 18.6 Å². The molecular weight excluding hydrogens is 344 g/mol. The van der Waals surface area contributed by atoms with Gasteiger partial charge in [0.15, 0.2) is 0 Å². The highest BCUT2D eigenvalue weighted by molar-refractivity contribution is 6.10. The first-order valence-electron chi connectivity index (χ1n) is 9.26. The zero-order valence-electron chi connectivity index (χ0n) is 15.3. The van der Waals surface area contributed by atoms with E-state index >= 15 is 0 Å². The lowest BCUT2D eigenvalue weighted by atomic mass is 9.81. The second kappa shape index (κ2) is 6.64. The van der Waals surface area contributed by atoms with Gasteiger partial charge in [-0.15, -0.1) is 0 Å². The normalized spacial score (nSPS) is 19.1. The number of hydrogen-bond donors (Lipinski definition) is 1. The van der Waals surface area contributed by atoms with E-state index in [1.54, 1.807) is 19.3 Å². The topological polar surface area (TPSA) is 82.6 Å². The third-order valence-electron chi connectivity index (χ3n) is 5.69. The fourth-order valence-electron chi connectivity index (χ4n) is 4.21. The summed E-state index contributed by atoms with van der Waals surface area (Å²) in [7, 11) is 1.66. The third kappa shape index (κ3) is 2.83. The molecule has 1 saturated carbocycles. The number of urea groups is 1. The van der Waals surface area contributed by atoms with Crippen LogP contribution >= 0.6 is 0 Å². The number of imide groups is 1. The summed E-state index contributed by atoms with van der Waals surface area (Å²) in [5.74, 6) is -0.656. The van der Waals surface area contributed by atoms with Crippen LogP contribution in [0.5, 0.6) is 0 Å². The van der Waals surface area contributed by atoms with Gasteiger partial charge >= 0.3 is 6.03 Å². The van der Waals surface area contributed by atoms with Crippen LogP contribution in [-0.4, -0.2) is 51.8 Å². The summed E-state index contributed by atoms with van der Waals surface area (Å²) >= 11 is 0. The molecule has 1 N–H and O–H groups in total. The molecule has 2 fully saturated rings. The average Bonchev–Trinajstić information content (AvgIpc) is 2.85. The monoisotopic (exact) mass is 366 g/mol. The molecule has 7 heteroatoms. The van der Waals surface area contributed by atoms with E-state index < -0.39 is 17.5 Å². The number of pyridine rings is 1. The highest BCUT2D eigenvalue weighted by Gasteiger charge is 2.55. The zero-order chi connectivity index (χ0) is 19.0. The van der Waals surface area contributed by atoms with E-state index in [1.807, 2.05) is 24.3 Å². The number of fused-ring (bicyclic) bond motifs is 1. The van der Waals surface area contributed by atoms with Crippen molar-refractivity contribution < 1.29 is 14.4 Å². The fraction of sp³-hybridized carbons (Fsp3) is 0.400. The van der Waals surface area contributed by atoms with Crippen molar-refractivity contribution in [2.45, 2.75) is 37.6 Å². The second-order valence-electron chi connectivity index (χ2n) is 7.25. The minimum Gasteiger partial charge on any atom is -0.323 e. The van der Waals surface area contributed by atoms with Gasteiger partial charge in [-0.25, -0.2) is 4.79 Å². The van der Waals surface area contributed by atoms with Crippen molar-refractivity contribution in [3.63, 3.8) is 0 Å². The second-order valence-corrected chi connectivity index (χ2v) is 7.25. The molecule has 4 rings (SSSR count). The lowest BCUT2D eigenvalue weighted by Crippen LogP contribution is -2.49. The molecule has 0 bridgehead atoms. The Balaban J connectivity index is 1.52. The van der Waals surface area contributed by atoms with Gasteiger partial charge in [0.25, 0.3) is 5.91 Å². The molecule has 1 spiro atoms. The van der Waals surface area contributed by atoms with Crippen molar-refractivity contribution in [3.8, 4) is 0 Å². The Bertz CT molecular complexity index is 915. The molecule has 27 heavy (non-hydrogen) atoms. The van der Waals surface area contributed by atoms with Crippen LogP contribution in [0.3, 0.4) is 0 Å². The quantitative estimate of drug-likeness (QED) is 0.847. The molecule has 0 radical (unpaired) electrons. The predicted octanol–water partition coefficient (Wildman–Crippen LogP) is 2.77. The first-order chi connectivity index (χ1) is 13.0. The Hall–Kier alpha value is -2.96. The lowest BCUT2D eigenvalue weighted by Gasteiger charge is -2.35. The number of hydrogen-bond acceptors (Lipinski definition) is 4. The van der Waals surface area contributed by atoms with Crippen LogP contribution in [0.25, 0.3) is 10.9 Å². The number of carbonyl (C=O) groups excluding carboxylic acids is 3. The number of rotatable bonds is 3. The van der Waals surface area contributed by atoms with Crippen molar-refractivity contribution in [1.29, 1.82) is 0 Å². The maximum atomic E-state index is 13.0. The van der Waals surface area contributed by atoms with Gasteiger partial charge in [0.2, 0.25) is 5.91 Å². The van der Waals surface area contributed by atoms with E-state index in [1.165, 1.54) is 4.90 Å². The molecule has 7 nitrogen and oxygen atoms in total. The summed E-state index contributed by atoms with van der Waals surface area (Å²) in [5.41, 5.74) is 0.475. The van der Waals surface area contributed by atoms with Crippen LogP contribution in [0, 0.1) is 0 Å². The van der Waals surface area contributed by atoms with Crippen molar-refractivity contribution >= 4 is 34.4 Å². The standard InChI is InChI=1S/C20H22N4O3/c1-23-19(27)24(18(26)20(23)10-3-2-4-11-20)13-16(25)22-15-9-5-7-14-8-6-12-21-17(14)15/h5-9,12H,2-4,10-11,13H2,1H3,(H,22,25). The van der Waals surface area contributed by atoms with Gasteiger partial charge in [0.05, 0.1) is 11.2 Å². The summed E-state index contributed by atoms with van der Waals surface area (Å²) in [5, 5.41) is 3.70. The maximum absolute atomic E-state index is 13.0. The van der Waals surface area contributed by atoms with Crippen molar-refractivity contribution in [2.24, 2.45) is 0 Å². The van der Waals surface area contributed by atoms with Crippen LogP contribution in [0.15, 0.2) is 36.5 Å². The van der Waals surface area contributed by atoms with Gasteiger partial charge in [0.1, 0.15) is 12.1 Å². The van der Waals surface area contributed by atoms with Crippen LogP contribution in [0.2, 0.25) is 0 Å². The molecular formula is C20H22N4O3. The Morgan fingerprint density at radius 3 is 2.67 bits per heavy atom. The summed E-state index contributed by atoms with van der Waals surface area (Å²) in [4.78, 5) is 45.1. The Morgan fingerprint density at radius 1 is 1.15 bits per heavy atom. The molecule has 140 valence electrons. The van der Waals surface area contributed by atoms with Gasteiger partial charge in [-0.1, -0.05) is 37.5 Å². The summed E-state index contributed by atoms with van der Waals surface area (Å²) < 4.78 is 0. The summed E-state index contributed by atoms with van der Waals surface area (Å²) in [6.45, 7) is -0.285. The van der Waals surface area contributed by atoms with Crippen molar-refractivity contribution in [1.82, 2.24) is 14.8 Å². The highest BCUT2D eigenvalue weighted by Crippen LogP contribution is 2.39. The summed E-state index contributed by atoms with van der Waals surface area (Å²) in [6, 6.07) is 8.84. The van der Waals surface area contributed by atoms with Gasteiger partial charge in [-0.05, 0) is 25.0 Å². The largest absolute Gasteiger partial charge is 0.327 e. The first-order valence-corrected chi connectivity index (χ1v) is 9.26. The molecule has 1 aromatic heterocycles. The van der Waals surface area contributed by atoms with E-state index in [0.717, 1.165) is 29.5 Å². The van der Waals surface area contributed by atoms with Gasteiger partial charge in [-0.2, -0.15) is 0 Å². The fourth-order valence-corrected chi connectivity index (χ4v) is 4.21. The van der Waals surface area contributed by atoms with Gasteiger partial charge in [-0.3, -0.25) is 19.5 Å². The molecule has 1 aromatic carbocycles. The molecule has 4 amide bonds. The number of benzene rings is 1. The Labute approximate surface area is 157 Å². The highest BCUT2D eigenvalue weighted by atomic mass is 16.2. The van der Waals surface area contributed by atoms with E-state index in [0.29, 0.717) is 24.0 Å². The SMILES string of the molecule is CN1C(=O)N(CC(=O)Nc2cccc3cccnc23)C(=O)C12CCCCC2. The molecule has 2 aromatic rings. The molecule has 1 aliphatic heterocycles. The van der Waals surface area contributed by atoms with Crippen LogP contribution < -0.4 is 5.32 Å². The predicted molar refractivity (Wildman–Crippen MR) is 101 cm³/mol. The zero-order valence-corrected chi connectivity index (χ0v) is 15.3. The maximum Gasteiger partial charge on any atom is 0.327 e. The number of para-hydroxylation sites is 1.